The van der Waals surface area contributed by atoms with Gasteiger partial charge in [0.1, 0.15) is 5.82 Å². The summed E-state index contributed by atoms with van der Waals surface area (Å²) in [6.07, 6.45) is 1.51. The standard InChI is InChI=1S/C11H9BrN2O2/c12-8-3-1-7(2-4-8)11-13-6-9(14-11)5-10(15)16/h1-4,6H,5H2,(H,13,14)(H,15,16). The Balaban J connectivity index is 2.24. The number of carbonyl (C=O) groups is 1. The van der Waals surface area contributed by atoms with Crippen LogP contribution in [0.15, 0.2) is 34.9 Å². The lowest BCUT2D eigenvalue weighted by atomic mass is 10.2. The van der Waals surface area contributed by atoms with Gasteiger partial charge in [0.05, 0.1) is 6.42 Å². The first-order valence-corrected chi connectivity index (χ1v) is 5.46. The van der Waals surface area contributed by atoms with Crippen LogP contribution in [0, 0.1) is 0 Å². The molecule has 0 unspecified atom stereocenters. The Morgan fingerprint density at radius 3 is 2.69 bits per heavy atom. The normalized spacial score (nSPS) is 10.3. The van der Waals surface area contributed by atoms with Gasteiger partial charge in [-0.2, -0.15) is 0 Å². The summed E-state index contributed by atoms with van der Waals surface area (Å²) in [6, 6.07) is 7.64. The summed E-state index contributed by atoms with van der Waals surface area (Å²) in [7, 11) is 0. The number of aromatic amines is 1. The van der Waals surface area contributed by atoms with Gasteiger partial charge in [0.15, 0.2) is 0 Å². The van der Waals surface area contributed by atoms with Crippen molar-refractivity contribution in [3.8, 4) is 11.4 Å². The van der Waals surface area contributed by atoms with Gasteiger partial charge in [-0.15, -0.1) is 0 Å². The van der Waals surface area contributed by atoms with Crippen LogP contribution in [-0.4, -0.2) is 21.0 Å². The molecule has 0 aliphatic heterocycles. The van der Waals surface area contributed by atoms with Crippen LogP contribution in [0.4, 0.5) is 0 Å². The maximum atomic E-state index is 10.5. The summed E-state index contributed by atoms with van der Waals surface area (Å²) in [5.41, 5.74) is 1.53. The number of carboxylic acid groups (broad SMARTS) is 1. The lowest BCUT2D eigenvalue weighted by Gasteiger charge is -1.96. The molecular weight excluding hydrogens is 272 g/mol. The van der Waals surface area contributed by atoms with Crippen molar-refractivity contribution in [3.63, 3.8) is 0 Å². The van der Waals surface area contributed by atoms with Gasteiger partial charge in [-0.05, 0) is 12.1 Å². The number of aliphatic carboxylic acids is 1. The lowest BCUT2D eigenvalue weighted by molar-refractivity contribution is -0.136. The summed E-state index contributed by atoms with van der Waals surface area (Å²) >= 11 is 3.35. The molecule has 2 aromatic rings. The predicted octanol–water partition coefficient (Wildman–Crippen LogP) is 2.47. The molecule has 0 radical (unpaired) electrons. The summed E-state index contributed by atoms with van der Waals surface area (Å²) < 4.78 is 0.994. The average molecular weight is 281 g/mol. The lowest BCUT2D eigenvalue weighted by Crippen LogP contribution is -1.99. The number of hydrogen-bond acceptors (Lipinski definition) is 2. The van der Waals surface area contributed by atoms with Gasteiger partial charge in [-0.3, -0.25) is 4.79 Å². The largest absolute Gasteiger partial charge is 0.481 e. The topological polar surface area (TPSA) is 66.0 Å². The van der Waals surface area contributed by atoms with Crippen LogP contribution in [0.25, 0.3) is 11.4 Å². The fourth-order valence-corrected chi connectivity index (χ4v) is 1.63. The maximum Gasteiger partial charge on any atom is 0.309 e. The van der Waals surface area contributed by atoms with Crippen molar-refractivity contribution in [1.29, 1.82) is 0 Å². The number of halogens is 1. The Morgan fingerprint density at radius 1 is 1.38 bits per heavy atom. The van der Waals surface area contributed by atoms with Crippen molar-refractivity contribution >= 4 is 21.9 Å². The highest BCUT2D eigenvalue weighted by Gasteiger charge is 2.06. The molecule has 0 aliphatic rings. The fourth-order valence-electron chi connectivity index (χ4n) is 1.37. The van der Waals surface area contributed by atoms with Crippen molar-refractivity contribution in [1.82, 2.24) is 9.97 Å². The fraction of sp³-hybridized carbons (Fsp3) is 0.0909. The monoisotopic (exact) mass is 280 g/mol. The van der Waals surface area contributed by atoms with E-state index in [0.29, 0.717) is 11.5 Å². The van der Waals surface area contributed by atoms with E-state index in [9.17, 15) is 4.79 Å². The second-order valence-corrected chi connectivity index (χ2v) is 4.25. The zero-order valence-corrected chi connectivity index (χ0v) is 9.86. The number of nitrogens with zero attached hydrogens (tertiary/aromatic N) is 1. The number of carboxylic acids is 1. The van der Waals surface area contributed by atoms with Crippen molar-refractivity contribution < 1.29 is 9.90 Å². The Hall–Kier alpha value is -1.62. The van der Waals surface area contributed by atoms with E-state index in [1.807, 2.05) is 24.3 Å². The molecule has 1 heterocycles. The van der Waals surface area contributed by atoms with Crippen LogP contribution < -0.4 is 0 Å². The van der Waals surface area contributed by atoms with Gasteiger partial charge in [0, 0.05) is 21.9 Å². The van der Waals surface area contributed by atoms with Crippen LogP contribution in [-0.2, 0) is 11.2 Å². The summed E-state index contributed by atoms with van der Waals surface area (Å²) in [4.78, 5) is 17.6. The molecule has 0 fully saturated rings. The predicted molar refractivity (Wildman–Crippen MR) is 63.1 cm³/mol. The van der Waals surface area contributed by atoms with E-state index < -0.39 is 5.97 Å². The number of imidazole rings is 1. The molecule has 0 bridgehead atoms. The van der Waals surface area contributed by atoms with Crippen LogP contribution in [0.2, 0.25) is 0 Å². The molecule has 0 saturated carbocycles. The highest BCUT2D eigenvalue weighted by molar-refractivity contribution is 9.10. The molecule has 82 valence electrons. The van der Waals surface area contributed by atoms with Gasteiger partial charge in [0.2, 0.25) is 0 Å². The molecule has 1 aromatic carbocycles. The molecule has 1 aromatic heterocycles. The van der Waals surface area contributed by atoms with E-state index in [1.54, 1.807) is 6.20 Å². The first kappa shape index (κ1) is 10.9. The molecule has 0 amide bonds. The van der Waals surface area contributed by atoms with Crippen LogP contribution in [0.1, 0.15) is 5.69 Å². The third kappa shape index (κ3) is 2.49. The van der Waals surface area contributed by atoms with Gasteiger partial charge in [-0.25, -0.2) is 4.98 Å². The minimum atomic E-state index is -0.869. The average Bonchev–Trinajstić information content (AvgIpc) is 2.66. The van der Waals surface area contributed by atoms with E-state index in [2.05, 4.69) is 25.9 Å². The van der Waals surface area contributed by atoms with Crippen molar-refractivity contribution in [2.24, 2.45) is 0 Å². The maximum absolute atomic E-state index is 10.5. The van der Waals surface area contributed by atoms with Gasteiger partial charge in [0.25, 0.3) is 0 Å². The van der Waals surface area contributed by atoms with E-state index in [1.165, 1.54) is 0 Å². The summed E-state index contributed by atoms with van der Waals surface area (Å²) in [5, 5.41) is 8.63. The molecule has 0 aliphatic carbocycles. The molecule has 16 heavy (non-hydrogen) atoms. The molecule has 2 N–H and O–H groups in total. The molecule has 4 nitrogen and oxygen atoms in total. The zero-order chi connectivity index (χ0) is 11.5. The molecular formula is C11H9BrN2O2. The Morgan fingerprint density at radius 2 is 2.06 bits per heavy atom. The van der Waals surface area contributed by atoms with Crippen molar-refractivity contribution in [2.45, 2.75) is 6.42 Å². The molecule has 0 atom stereocenters. The Bertz CT molecular complexity index is 505. The third-order valence-corrected chi connectivity index (χ3v) is 2.62. The highest BCUT2D eigenvalue weighted by Crippen LogP contribution is 2.18. The number of nitrogens with one attached hydrogen (secondary N) is 1. The quantitative estimate of drug-likeness (QED) is 0.908. The van der Waals surface area contributed by atoms with E-state index >= 15 is 0 Å². The van der Waals surface area contributed by atoms with Gasteiger partial charge >= 0.3 is 5.97 Å². The Kier molecular flexibility index (Phi) is 3.05. The number of rotatable bonds is 3. The molecule has 0 saturated heterocycles. The third-order valence-electron chi connectivity index (χ3n) is 2.09. The molecule has 0 spiro atoms. The summed E-state index contributed by atoms with van der Waals surface area (Å²) in [5.74, 6) is -0.185. The zero-order valence-electron chi connectivity index (χ0n) is 8.27. The van der Waals surface area contributed by atoms with E-state index in [-0.39, 0.29) is 6.42 Å². The van der Waals surface area contributed by atoms with E-state index in [0.717, 1.165) is 10.0 Å². The summed E-state index contributed by atoms with van der Waals surface area (Å²) in [6.45, 7) is 0. The minimum Gasteiger partial charge on any atom is -0.481 e. The SMILES string of the molecule is O=C(O)Cc1cnc(-c2ccc(Br)cc2)[nH]1. The van der Waals surface area contributed by atoms with Crippen LogP contribution in [0.3, 0.4) is 0 Å². The first-order chi connectivity index (χ1) is 7.65. The Labute approximate surface area is 100 Å². The van der Waals surface area contributed by atoms with Crippen LogP contribution in [0.5, 0.6) is 0 Å². The van der Waals surface area contributed by atoms with Crippen molar-refractivity contribution in [3.05, 3.63) is 40.6 Å². The first-order valence-electron chi connectivity index (χ1n) is 4.67. The number of benzene rings is 1. The highest BCUT2D eigenvalue weighted by atomic mass is 79.9. The minimum absolute atomic E-state index is 0.0382. The number of H-pyrrole nitrogens is 1. The van der Waals surface area contributed by atoms with Crippen molar-refractivity contribution in [2.75, 3.05) is 0 Å². The molecule has 5 heteroatoms. The van der Waals surface area contributed by atoms with Crippen LogP contribution >= 0.6 is 15.9 Å². The number of aromatic nitrogens is 2. The van der Waals surface area contributed by atoms with Gasteiger partial charge in [-0.1, -0.05) is 28.1 Å². The smallest absolute Gasteiger partial charge is 0.309 e. The number of hydrogen-bond donors (Lipinski definition) is 2. The second-order valence-electron chi connectivity index (χ2n) is 3.33. The second kappa shape index (κ2) is 4.49. The van der Waals surface area contributed by atoms with Gasteiger partial charge < -0.3 is 10.1 Å². The molecule has 2 rings (SSSR count). The van der Waals surface area contributed by atoms with E-state index in [4.69, 9.17) is 5.11 Å².